The average Bonchev–Trinajstić information content (AvgIpc) is 2.55. The molecular weight excluding hydrogens is 318 g/mol. The third kappa shape index (κ3) is 3.65. The SMILES string of the molecule is NC1[C@@H](O)[C@H](O[C@@H]2OC(CO)[C@H](O)[C@H](O)C2O)C(CO)O[C@@H]1O. The van der Waals surface area contributed by atoms with Gasteiger partial charge in [0.05, 0.1) is 19.3 Å². The van der Waals surface area contributed by atoms with Crippen molar-refractivity contribution in [2.24, 2.45) is 5.73 Å². The maximum Gasteiger partial charge on any atom is 0.187 e. The molecule has 23 heavy (non-hydrogen) atoms. The second-order valence-electron chi connectivity index (χ2n) is 5.61. The van der Waals surface area contributed by atoms with Gasteiger partial charge in [-0.05, 0) is 0 Å². The lowest BCUT2D eigenvalue weighted by atomic mass is 9.96. The quantitative estimate of drug-likeness (QED) is 0.243. The molecule has 2 fully saturated rings. The van der Waals surface area contributed by atoms with E-state index in [1.165, 1.54) is 0 Å². The summed E-state index contributed by atoms with van der Waals surface area (Å²) in [6.07, 6.45) is -13.0. The molecule has 0 aromatic carbocycles. The highest BCUT2D eigenvalue weighted by Crippen LogP contribution is 2.27. The Kier molecular flexibility index (Phi) is 6.27. The van der Waals surface area contributed by atoms with Crippen molar-refractivity contribution >= 4 is 0 Å². The van der Waals surface area contributed by atoms with E-state index in [1.54, 1.807) is 0 Å². The molecule has 0 aromatic heterocycles. The fourth-order valence-corrected chi connectivity index (χ4v) is 2.60. The number of aliphatic hydroxyl groups is 7. The Morgan fingerprint density at radius 1 is 0.783 bits per heavy atom. The van der Waals surface area contributed by atoms with Crippen molar-refractivity contribution < 1.29 is 50.0 Å². The summed E-state index contributed by atoms with van der Waals surface area (Å²) >= 11 is 0. The molecule has 10 atom stereocenters. The molecule has 11 nitrogen and oxygen atoms in total. The molecule has 4 unspecified atom stereocenters. The Balaban J connectivity index is 2.11. The third-order valence-electron chi connectivity index (χ3n) is 4.06. The number of ether oxygens (including phenoxy) is 3. The van der Waals surface area contributed by atoms with Gasteiger partial charge in [-0.15, -0.1) is 0 Å². The van der Waals surface area contributed by atoms with E-state index in [9.17, 15) is 30.6 Å². The monoisotopic (exact) mass is 341 g/mol. The standard InChI is InChI=1S/C12H23NO10/c13-5-7(17)10(4(2-15)21-11(5)20)23-12-9(19)8(18)6(16)3(1-14)22-12/h3-12,14-20H,1-2,13H2/t3?,4?,5?,6-,7+,8-,9?,10+,11-,12-/m0/s1. The maximum atomic E-state index is 10.1. The second-order valence-corrected chi connectivity index (χ2v) is 5.61. The van der Waals surface area contributed by atoms with E-state index in [0.717, 1.165) is 0 Å². The molecule has 2 rings (SSSR count). The van der Waals surface area contributed by atoms with Crippen LogP contribution in [0.3, 0.4) is 0 Å². The van der Waals surface area contributed by atoms with Crippen LogP contribution in [0.1, 0.15) is 0 Å². The van der Waals surface area contributed by atoms with Crippen molar-refractivity contribution in [3.05, 3.63) is 0 Å². The molecule has 0 aliphatic carbocycles. The lowest BCUT2D eigenvalue weighted by molar-refractivity contribution is -0.344. The molecule has 0 bridgehead atoms. The zero-order chi connectivity index (χ0) is 17.3. The average molecular weight is 341 g/mol. The van der Waals surface area contributed by atoms with Gasteiger partial charge in [-0.2, -0.15) is 0 Å². The largest absolute Gasteiger partial charge is 0.394 e. The molecular formula is C12H23NO10. The van der Waals surface area contributed by atoms with Gasteiger partial charge in [0.1, 0.15) is 42.7 Å². The van der Waals surface area contributed by atoms with E-state index in [-0.39, 0.29) is 0 Å². The molecule has 9 N–H and O–H groups in total. The van der Waals surface area contributed by atoms with Crippen LogP contribution < -0.4 is 5.73 Å². The van der Waals surface area contributed by atoms with Gasteiger partial charge < -0.3 is 55.7 Å². The van der Waals surface area contributed by atoms with Crippen LogP contribution in [0.5, 0.6) is 0 Å². The van der Waals surface area contributed by atoms with Gasteiger partial charge in [-0.3, -0.25) is 0 Å². The predicted molar refractivity (Wildman–Crippen MR) is 70.6 cm³/mol. The van der Waals surface area contributed by atoms with E-state index in [1.807, 2.05) is 0 Å². The summed E-state index contributed by atoms with van der Waals surface area (Å²) in [4.78, 5) is 0. The minimum Gasteiger partial charge on any atom is -0.394 e. The lowest BCUT2D eigenvalue weighted by Crippen LogP contribution is -2.66. The second kappa shape index (κ2) is 7.63. The minimum atomic E-state index is -1.68. The molecule has 136 valence electrons. The summed E-state index contributed by atoms with van der Waals surface area (Å²) in [7, 11) is 0. The summed E-state index contributed by atoms with van der Waals surface area (Å²) in [6.45, 7) is -1.26. The smallest absolute Gasteiger partial charge is 0.187 e. The summed E-state index contributed by atoms with van der Waals surface area (Å²) in [5.41, 5.74) is 5.55. The topological polar surface area (TPSA) is 195 Å². The minimum absolute atomic E-state index is 0.622. The molecule has 0 aromatic rings. The number of hydrogen-bond acceptors (Lipinski definition) is 11. The highest BCUT2D eigenvalue weighted by molar-refractivity contribution is 4.94. The molecule has 0 radical (unpaired) electrons. The van der Waals surface area contributed by atoms with E-state index < -0.39 is 74.6 Å². The van der Waals surface area contributed by atoms with Gasteiger partial charge in [0, 0.05) is 0 Å². The Morgan fingerprint density at radius 3 is 1.96 bits per heavy atom. The van der Waals surface area contributed by atoms with Crippen molar-refractivity contribution in [1.82, 2.24) is 0 Å². The summed E-state index contributed by atoms with van der Waals surface area (Å²) in [5, 5.41) is 67.3. The summed E-state index contributed by atoms with van der Waals surface area (Å²) in [5.74, 6) is 0. The molecule has 11 heteroatoms. The van der Waals surface area contributed by atoms with Crippen LogP contribution in [0.2, 0.25) is 0 Å². The zero-order valence-corrected chi connectivity index (χ0v) is 12.1. The van der Waals surface area contributed by atoms with Gasteiger partial charge in [0.25, 0.3) is 0 Å². The Labute approximate surface area is 131 Å². The highest BCUT2D eigenvalue weighted by atomic mass is 16.7. The first-order valence-corrected chi connectivity index (χ1v) is 7.15. The maximum absolute atomic E-state index is 10.1. The number of nitrogens with two attached hydrogens (primary N) is 1. The summed E-state index contributed by atoms with van der Waals surface area (Å²) in [6, 6.07) is -1.23. The van der Waals surface area contributed by atoms with Crippen molar-refractivity contribution in [3.8, 4) is 0 Å². The molecule has 0 saturated carbocycles. The van der Waals surface area contributed by atoms with Gasteiger partial charge in [-0.25, -0.2) is 0 Å². The van der Waals surface area contributed by atoms with Gasteiger partial charge in [0.2, 0.25) is 0 Å². The van der Waals surface area contributed by atoms with Crippen LogP contribution in [-0.4, -0.2) is 110 Å². The van der Waals surface area contributed by atoms with E-state index in [4.69, 9.17) is 25.1 Å². The Hall–Kier alpha value is -0.440. The van der Waals surface area contributed by atoms with Crippen molar-refractivity contribution in [2.75, 3.05) is 13.2 Å². The first-order valence-electron chi connectivity index (χ1n) is 7.15. The van der Waals surface area contributed by atoms with Gasteiger partial charge in [-0.1, -0.05) is 0 Å². The van der Waals surface area contributed by atoms with E-state index in [2.05, 4.69) is 0 Å². The first-order chi connectivity index (χ1) is 10.8. The van der Waals surface area contributed by atoms with E-state index in [0.29, 0.717) is 0 Å². The molecule has 0 spiro atoms. The van der Waals surface area contributed by atoms with Crippen LogP contribution in [0.25, 0.3) is 0 Å². The molecule has 2 saturated heterocycles. The third-order valence-corrected chi connectivity index (χ3v) is 4.06. The van der Waals surface area contributed by atoms with Crippen LogP contribution >= 0.6 is 0 Å². The Morgan fingerprint density at radius 2 is 1.39 bits per heavy atom. The van der Waals surface area contributed by atoms with Crippen LogP contribution in [0, 0.1) is 0 Å². The van der Waals surface area contributed by atoms with Crippen molar-refractivity contribution in [1.29, 1.82) is 0 Å². The number of aliphatic hydroxyl groups excluding tert-OH is 7. The Bertz CT molecular complexity index is 383. The lowest BCUT2D eigenvalue weighted by Gasteiger charge is -2.45. The molecule has 2 aliphatic rings. The highest BCUT2D eigenvalue weighted by Gasteiger charge is 2.49. The van der Waals surface area contributed by atoms with Crippen LogP contribution in [-0.2, 0) is 14.2 Å². The number of rotatable bonds is 4. The predicted octanol–water partition coefficient (Wildman–Crippen LogP) is -5.43. The number of hydrogen-bond donors (Lipinski definition) is 8. The summed E-state index contributed by atoms with van der Waals surface area (Å²) < 4.78 is 15.5. The van der Waals surface area contributed by atoms with Crippen molar-refractivity contribution in [3.63, 3.8) is 0 Å². The molecule has 0 amide bonds. The van der Waals surface area contributed by atoms with Gasteiger partial charge >= 0.3 is 0 Å². The zero-order valence-electron chi connectivity index (χ0n) is 12.1. The van der Waals surface area contributed by atoms with Crippen molar-refractivity contribution in [2.45, 2.75) is 61.3 Å². The van der Waals surface area contributed by atoms with Crippen LogP contribution in [0.4, 0.5) is 0 Å². The van der Waals surface area contributed by atoms with Gasteiger partial charge in [0.15, 0.2) is 12.6 Å². The molecule has 2 aliphatic heterocycles. The van der Waals surface area contributed by atoms with E-state index >= 15 is 0 Å². The van der Waals surface area contributed by atoms with Crippen LogP contribution in [0.15, 0.2) is 0 Å². The normalized spacial score (nSPS) is 51.7. The fraction of sp³-hybridized carbons (Fsp3) is 1.00. The first kappa shape index (κ1) is 18.9. The molecule has 2 heterocycles. The fourth-order valence-electron chi connectivity index (χ4n) is 2.60.